The Morgan fingerprint density at radius 1 is 1.25 bits per heavy atom. The smallest absolute Gasteiger partial charge is 0.349 e. The molecule has 0 bridgehead atoms. The van der Waals surface area contributed by atoms with Crippen LogP contribution in [0.4, 0.5) is 0 Å². The van der Waals surface area contributed by atoms with Gasteiger partial charge in [0.25, 0.3) is 11.5 Å². The number of nitrogens with zero attached hydrogens (tertiary/aromatic N) is 2. The van der Waals surface area contributed by atoms with Crippen LogP contribution in [0.5, 0.6) is 0 Å². The molecule has 0 saturated carbocycles. The molecule has 0 aliphatic carbocycles. The number of carbonyl (C=O) groups excluding carboxylic acids is 2. The molecule has 8 heteroatoms. The van der Waals surface area contributed by atoms with Gasteiger partial charge in [0, 0.05) is 18.5 Å². The number of ether oxygens (including phenoxy) is 1. The molecule has 152 valence electrons. The highest BCUT2D eigenvalue weighted by molar-refractivity contribution is 7.20. The average molecular weight is 406 g/mol. The van der Waals surface area contributed by atoms with Crippen molar-refractivity contribution in [1.29, 1.82) is 0 Å². The van der Waals surface area contributed by atoms with Crippen LogP contribution < -0.4 is 10.9 Å². The van der Waals surface area contributed by atoms with E-state index in [4.69, 9.17) is 4.74 Å². The van der Waals surface area contributed by atoms with Crippen molar-refractivity contribution in [3.63, 3.8) is 0 Å². The van der Waals surface area contributed by atoms with E-state index >= 15 is 0 Å². The molecule has 0 saturated heterocycles. The number of esters is 1. The average Bonchev–Trinajstić information content (AvgIpc) is 2.76. The summed E-state index contributed by atoms with van der Waals surface area (Å²) in [5, 5.41) is 3.27. The number of aromatic nitrogens is 2. The summed E-state index contributed by atoms with van der Waals surface area (Å²) in [6.45, 7) is 9.52. The molecule has 0 radical (unpaired) electrons. The quantitative estimate of drug-likeness (QED) is 0.793. The lowest BCUT2D eigenvalue weighted by atomic mass is 10.1. The van der Waals surface area contributed by atoms with E-state index in [1.165, 1.54) is 6.92 Å². The number of hydrogen-bond donors (Lipinski definition) is 1. The van der Waals surface area contributed by atoms with Gasteiger partial charge in [0.2, 0.25) is 0 Å². The second kappa shape index (κ2) is 7.66. The first-order chi connectivity index (χ1) is 13.1. The van der Waals surface area contributed by atoms with E-state index in [1.807, 2.05) is 20.8 Å². The molecule has 2 aromatic heterocycles. The molecule has 1 unspecified atom stereocenters. The fourth-order valence-electron chi connectivity index (χ4n) is 3.34. The third kappa shape index (κ3) is 4.11. The minimum Gasteiger partial charge on any atom is -0.448 e. The van der Waals surface area contributed by atoms with Crippen molar-refractivity contribution in [1.82, 2.24) is 14.9 Å². The summed E-state index contributed by atoms with van der Waals surface area (Å²) in [4.78, 5) is 43.4. The van der Waals surface area contributed by atoms with E-state index in [-0.39, 0.29) is 11.5 Å². The van der Waals surface area contributed by atoms with Crippen LogP contribution in [0.3, 0.4) is 0 Å². The highest BCUT2D eigenvalue weighted by atomic mass is 32.1. The third-order valence-electron chi connectivity index (χ3n) is 4.75. The van der Waals surface area contributed by atoms with Gasteiger partial charge in [-0.15, -0.1) is 11.3 Å². The Hall–Kier alpha value is -2.22. The number of aryl methyl sites for hydroxylation is 2. The normalized spacial score (nSPS) is 15.6. The first-order valence-electron chi connectivity index (χ1n) is 9.64. The van der Waals surface area contributed by atoms with Gasteiger partial charge < -0.3 is 10.1 Å². The van der Waals surface area contributed by atoms with Gasteiger partial charge in [-0.2, -0.15) is 0 Å². The van der Waals surface area contributed by atoms with Crippen LogP contribution in [-0.4, -0.2) is 33.1 Å². The molecule has 0 fully saturated rings. The minimum atomic E-state index is -0.929. The van der Waals surface area contributed by atoms with E-state index in [9.17, 15) is 14.4 Å². The summed E-state index contributed by atoms with van der Waals surface area (Å²) in [6.07, 6.45) is 2.89. The van der Waals surface area contributed by atoms with Crippen molar-refractivity contribution < 1.29 is 14.3 Å². The third-order valence-corrected chi connectivity index (χ3v) is 5.91. The molecule has 1 amide bonds. The van der Waals surface area contributed by atoms with Crippen LogP contribution in [0.2, 0.25) is 0 Å². The monoisotopic (exact) mass is 405 g/mol. The number of fused-ring (bicyclic) bond motifs is 2. The van der Waals surface area contributed by atoms with E-state index in [1.54, 1.807) is 11.5 Å². The van der Waals surface area contributed by atoms with Gasteiger partial charge in [-0.1, -0.05) is 6.42 Å². The van der Waals surface area contributed by atoms with Crippen molar-refractivity contribution in [3.05, 3.63) is 26.6 Å². The van der Waals surface area contributed by atoms with Crippen LogP contribution in [-0.2, 0) is 22.5 Å². The number of rotatable bonds is 3. The maximum atomic E-state index is 13.0. The van der Waals surface area contributed by atoms with Gasteiger partial charge in [-0.25, -0.2) is 9.78 Å². The van der Waals surface area contributed by atoms with Gasteiger partial charge in [-0.3, -0.25) is 14.2 Å². The molecule has 3 rings (SSSR count). The summed E-state index contributed by atoms with van der Waals surface area (Å²) >= 11 is 1.16. The Labute approximate surface area is 168 Å². The number of amides is 1. The molecular weight excluding hydrogens is 378 g/mol. The maximum Gasteiger partial charge on any atom is 0.349 e. The van der Waals surface area contributed by atoms with Crippen LogP contribution in [0.25, 0.3) is 10.2 Å². The largest absolute Gasteiger partial charge is 0.448 e. The first kappa shape index (κ1) is 20.5. The molecule has 28 heavy (non-hydrogen) atoms. The van der Waals surface area contributed by atoms with Crippen molar-refractivity contribution in [2.75, 3.05) is 0 Å². The second-order valence-corrected chi connectivity index (χ2v) is 9.32. The molecule has 1 aliphatic heterocycles. The Kier molecular flexibility index (Phi) is 5.61. The molecular formula is C20H27N3O4S. The summed E-state index contributed by atoms with van der Waals surface area (Å²) in [7, 11) is 0. The van der Waals surface area contributed by atoms with Gasteiger partial charge in [-0.05, 0) is 53.0 Å². The summed E-state index contributed by atoms with van der Waals surface area (Å²) in [6, 6.07) is 0. The Balaban J connectivity index is 1.90. The predicted molar refractivity (Wildman–Crippen MR) is 109 cm³/mol. The number of carbonyl (C=O) groups is 2. The van der Waals surface area contributed by atoms with Crippen LogP contribution in [0.15, 0.2) is 4.79 Å². The van der Waals surface area contributed by atoms with Crippen LogP contribution in [0.1, 0.15) is 68.0 Å². The zero-order valence-corrected chi connectivity index (χ0v) is 17.9. The van der Waals surface area contributed by atoms with Gasteiger partial charge in [0.05, 0.1) is 5.39 Å². The zero-order chi connectivity index (χ0) is 20.6. The number of hydrogen-bond acceptors (Lipinski definition) is 6. The topological polar surface area (TPSA) is 90.3 Å². The van der Waals surface area contributed by atoms with Crippen LogP contribution in [0, 0.1) is 6.92 Å². The number of thiophene rings is 1. The zero-order valence-electron chi connectivity index (χ0n) is 17.0. The van der Waals surface area contributed by atoms with Crippen molar-refractivity contribution in [2.45, 2.75) is 78.5 Å². The van der Waals surface area contributed by atoms with Gasteiger partial charge >= 0.3 is 5.97 Å². The van der Waals surface area contributed by atoms with Crippen LogP contribution >= 0.6 is 11.3 Å². The van der Waals surface area contributed by atoms with Gasteiger partial charge in [0.1, 0.15) is 15.5 Å². The predicted octanol–water partition coefficient (Wildman–Crippen LogP) is 2.95. The summed E-state index contributed by atoms with van der Waals surface area (Å²) < 4.78 is 7.10. The lowest BCUT2D eigenvalue weighted by Crippen LogP contribution is -2.46. The van der Waals surface area contributed by atoms with E-state index in [2.05, 4.69) is 10.3 Å². The Bertz CT molecular complexity index is 984. The molecule has 0 spiro atoms. The molecule has 7 nitrogen and oxygen atoms in total. The SMILES string of the molecule is Cc1c(C(=O)OC(C)C(=O)NC(C)(C)C)sc2nc3n(c(=O)c12)CCCCC3. The standard InChI is InChI=1S/C20H27N3O4S/c1-11-14-17(21-13-9-7-6-8-10-23(13)18(14)25)28-15(11)19(26)27-12(2)16(24)22-20(3,4)5/h12H,6-10H2,1-5H3,(H,22,24). The molecule has 1 aliphatic rings. The van der Waals surface area contributed by atoms with Crippen molar-refractivity contribution in [3.8, 4) is 0 Å². The fraction of sp³-hybridized carbons (Fsp3) is 0.600. The Morgan fingerprint density at radius 2 is 1.96 bits per heavy atom. The molecule has 2 aromatic rings. The highest BCUT2D eigenvalue weighted by Gasteiger charge is 2.27. The molecule has 3 heterocycles. The molecule has 1 atom stereocenters. The highest BCUT2D eigenvalue weighted by Crippen LogP contribution is 2.29. The molecule has 0 aromatic carbocycles. The minimum absolute atomic E-state index is 0.0896. The van der Waals surface area contributed by atoms with Gasteiger partial charge in [0.15, 0.2) is 6.10 Å². The van der Waals surface area contributed by atoms with E-state index in [0.29, 0.717) is 27.2 Å². The van der Waals surface area contributed by atoms with Crippen molar-refractivity contribution >= 4 is 33.4 Å². The first-order valence-corrected chi connectivity index (χ1v) is 10.5. The van der Waals surface area contributed by atoms with E-state index < -0.39 is 17.6 Å². The second-order valence-electron chi connectivity index (χ2n) is 8.32. The maximum absolute atomic E-state index is 13.0. The lowest BCUT2D eigenvalue weighted by Gasteiger charge is -2.23. The summed E-state index contributed by atoms with van der Waals surface area (Å²) in [5.74, 6) is -0.171. The fourth-order valence-corrected chi connectivity index (χ4v) is 4.42. The van der Waals surface area contributed by atoms with Crippen molar-refractivity contribution in [2.24, 2.45) is 0 Å². The number of nitrogens with one attached hydrogen (secondary N) is 1. The molecule has 1 N–H and O–H groups in total. The lowest BCUT2D eigenvalue weighted by molar-refractivity contribution is -0.130. The van der Waals surface area contributed by atoms with E-state index in [0.717, 1.165) is 42.8 Å². The summed E-state index contributed by atoms with van der Waals surface area (Å²) in [5.41, 5.74) is 0.0699. The Morgan fingerprint density at radius 3 is 2.64 bits per heavy atom.